The second-order valence-electron chi connectivity index (χ2n) is 4.12. The highest BCUT2D eigenvalue weighted by molar-refractivity contribution is 5.80. The summed E-state index contributed by atoms with van der Waals surface area (Å²) in [5.74, 6) is 0.734. The monoisotopic (exact) mass is 202 g/mol. The average molecular weight is 202 g/mol. The lowest BCUT2D eigenvalue weighted by Crippen LogP contribution is -2.13. The van der Waals surface area contributed by atoms with Gasteiger partial charge < -0.3 is 0 Å². The number of ketones is 1. The van der Waals surface area contributed by atoms with E-state index in [1.54, 1.807) is 0 Å². The molecule has 1 aliphatic rings. The summed E-state index contributed by atoms with van der Waals surface area (Å²) in [6, 6.07) is 7.57. The van der Waals surface area contributed by atoms with Crippen molar-refractivity contribution in [1.29, 1.82) is 0 Å². The molecule has 1 aliphatic carbocycles. The highest BCUT2D eigenvalue weighted by Gasteiger charge is 2.20. The minimum absolute atomic E-state index is 0.366. The molecular weight excluding hydrogens is 188 g/mol. The lowest BCUT2D eigenvalue weighted by molar-refractivity contribution is -0.120. The van der Waals surface area contributed by atoms with Crippen LogP contribution in [-0.2, 0) is 4.79 Å². The number of benzene rings is 1. The van der Waals surface area contributed by atoms with Crippen molar-refractivity contribution < 1.29 is 9.59 Å². The Bertz CT molecular complexity index is 365. The molecular formula is C13H14O2. The van der Waals surface area contributed by atoms with Crippen molar-refractivity contribution in [1.82, 2.24) is 0 Å². The summed E-state index contributed by atoms with van der Waals surface area (Å²) in [4.78, 5) is 21.8. The Morgan fingerprint density at radius 3 is 2.53 bits per heavy atom. The van der Waals surface area contributed by atoms with Crippen LogP contribution in [0.1, 0.15) is 47.5 Å². The second kappa shape index (κ2) is 4.39. The number of aldehydes is 1. The fourth-order valence-electron chi connectivity index (χ4n) is 2.16. The van der Waals surface area contributed by atoms with E-state index in [2.05, 4.69) is 0 Å². The SMILES string of the molecule is O=Cc1ccc([C@@H]2CCCC(=O)C2)cc1. The fraction of sp³-hybridized carbons (Fsp3) is 0.385. The van der Waals surface area contributed by atoms with Crippen molar-refractivity contribution in [2.45, 2.75) is 31.6 Å². The largest absolute Gasteiger partial charge is 0.300 e. The van der Waals surface area contributed by atoms with Gasteiger partial charge in [0.1, 0.15) is 12.1 Å². The van der Waals surface area contributed by atoms with Crippen LogP contribution in [0.25, 0.3) is 0 Å². The standard InChI is InChI=1S/C13H14O2/c14-9-10-4-6-11(7-5-10)12-2-1-3-13(15)8-12/h4-7,9,12H,1-3,8H2/t12-/m1/s1. The van der Waals surface area contributed by atoms with Gasteiger partial charge in [-0.3, -0.25) is 9.59 Å². The zero-order valence-corrected chi connectivity index (χ0v) is 8.61. The van der Waals surface area contributed by atoms with Crippen molar-refractivity contribution in [3.8, 4) is 0 Å². The van der Waals surface area contributed by atoms with E-state index in [-0.39, 0.29) is 0 Å². The molecule has 0 bridgehead atoms. The molecule has 1 aromatic carbocycles. The van der Waals surface area contributed by atoms with Crippen LogP contribution >= 0.6 is 0 Å². The van der Waals surface area contributed by atoms with E-state index in [4.69, 9.17) is 0 Å². The van der Waals surface area contributed by atoms with Crippen molar-refractivity contribution in [3.05, 3.63) is 35.4 Å². The molecule has 0 heterocycles. The van der Waals surface area contributed by atoms with Crippen LogP contribution < -0.4 is 0 Å². The maximum Gasteiger partial charge on any atom is 0.150 e. The predicted molar refractivity (Wildman–Crippen MR) is 58.0 cm³/mol. The van der Waals surface area contributed by atoms with E-state index in [9.17, 15) is 9.59 Å². The minimum Gasteiger partial charge on any atom is -0.300 e. The van der Waals surface area contributed by atoms with Gasteiger partial charge in [0.15, 0.2) is 0 Å². The van der Waals surface area contributed by atoms with E-state index in [0.29, 0.717) is 23.7 Å². The predicted octanol–water partition coefficient (Wildman–Crippen LogP) is 2.73. The maximum atomic E-state index is 11.3. The summed E-state index contributed by atoms with van der Waals surface area (Å²) in [5, 5.41) is 0. The third-order valence-corrected chi connectivity index (χ3v) is 3.03. The Morgan fingerprint density at radius 2 is 1.93 bits per heavy atom. The molecule has 1 aromatic rings. The van der Waals surface area contributed by atoms with Crippen LogP contribution in [0.4, 0.5) is 0 Å². The zero-order valence-electron chi connectivity index (χ0n) is 8.61. The van der Waals surface area contributed by atoms with Crippen LogP contribution in [0.3, 0.4) is 0 Å². The van der Waals surface area contributed by atoms with Gasteiger partial charge in [-0.2, -0.15) is 0 Å². The Kier molecular flexibility index (Phi) is 2.95. The number of Topliss-reactive ketones (excluding diaryl/α,β-unsaturated/α-hetero) is 1. The summed E-state index contributed by atoms with van der Waals surface area (Å²) in [6.45, 7) is 0. The summed E-state index contributed by atoms with van der Waals surface area (Å²) < 4.78 is 0. The summed E-state index contributed by atoms with van der Waals surface area (Å²) in [6.07, 6.45) is 4.34. The van der Waals surface area contributed by atoms with Crippen LogP contribution in [-0.4, -0.2) is 12.1 Å². The minimum atomic E-state index is 0.366. The highest BCUT2D eigenvalue weighted by atomic mass is 16.1. The molecule has 2 rings (SSSR count). The molecule has 0 saturated heterocycles. The molecule has 0 unspecified atom stereocenters. The zero-order chi connectivity index (χ0) is 10.7. The van der Waals surface area contributed by atoms with Crippen molar-refractivity contribution >= 4 is 12.1 Å². The Hall–Kier alpha value is -1.44. The molecule has 0 radical (unpaired) electrons. The van der Waals surface area contributed by atoms with Crippen molar-refractivity contribution in [2.75, 3.05) is 0 Å². The highest BCUT2D eigenvalue weighted by Crippen LogP contribution is 2.30. The lowest BCUT2D eigenvalue weighted by Gasteiger charge is -2.21. The van der Waals surface area contributed by atoms with Crippen LogP contribution in [0.15, 0.2) is 24.3 Å². The van der Waals surface area contributed by atoms with E-state index in [0.717, 1.165) is 25.5 Å². The quantitative estimate of drug-likeness (QED) is 0.691. The molecule has 0 spiro atoms. The fourth-order valence-corrected chi connectivity index (χ4v) is 2.16. The third-order valence-electron chi connectivity index (χ3n) is 3.03. The summed E-state index contributed by atoms with van der Waals surface area (Å²) in [5.41, 5.74) is 1.88. The van der Waals surface area contributed by atoms with Gasteiger partial charge in [-0.15, -0.1) is 0 Å². The van der Waals surface area contributed by atoms with Gasteiger partial charge in [-0.25, -0.2) is 0 Å². The van der Waals surface area contributed by atoms with Gasteiger partial charge in [0, 0.05) is 18.4 Å². The third kappa shape index (κ3) is 2.32. The molecule has 1 saturated carbocycles. The number of hydrogen-bond donors (Lipinski definition) is 0. The first kappa shape index (κ1) is 10.1. The molecule has 78 valence electrons. The Labute approximate surface area is 89.3 Å². The summed E-state index contributed by atoms with van der Waals surface area (Å²) >= 11 is 0. The van der Waals surface area contributed by atoms with E-state index in [1.165, 1.54) is 5.56 Å². The van der Waals surface area contributed by atoms with Crippen LogP contribution in [0.5, 0.6) is 0 Å². The normalized spacial score (nSPS) is 21.3. The van der Waals surface area contributed by atoms with Gasteiger partial charge in [0.2, 0.25) is 0 Å². The lowest BCUT2D eigenvalue weighted by atomic mass is 9.83. The summed E-state index contributed by atoms with van der Waals surface area (Å²) in [7, 11) is 0. The first-order valence-corrected chi connectivity index (χ1v) is 5.36. The van der Waals surface area contributed by atoms with Crippen LogP contribution in [0, 0.1) is 0 Å². The number of hydrogen-bond acceptors (Lipinski definition) is 2. The molecule has 0 N–H and O–H groups in total. The molecule has 1 atom stereocenters. The van der Waals surface area contributed by atoms with Gasteiger partial charge in [0.25, 0.3) is 0 Å². The van der Waals surface area contributed by atoms with Gasteiger partial charge in [-0.1, -0.05) is 24.3 Å². The maximum absolute atomic E-state index is 11.3. The van der Waals surface area contributed by atoms with Crippen molar-refractivity contribution in [2.24, 2.45) is 0 Å². The molecule has 0 aliphatic heterocycles. The van der Waals surface area contributed by atoms with E-state index < -0.39 is 0 Å². The van der Waals surface area contributed by atoms with E-state index in [1.807, 2.05) is 24.3 Å². The first-order chi connectivity index (χ1) is 7.29. The average Bonchev–Trinajstić information content (AvgIpc) is 2.29. The van der Waals surface area contributed by atoms with Gasteiger partial charge in [0.05, 0.1) is 0 Å². The van der Waals surface area contributed by atoms with Crippen molar-refractivity contribution in [3.63, 3.8) is 0 Å². The second-order valence-corrected chi connectivity index (χ2v) is 4.12. The molecule has 1 fully saturated rings. The van der Waals surface area contributed by atoms with Gasteiger partial charge in [-0.05, 0) is 24.3 Å². The van der Waals surface area contributed by atoms with E-state index >= 15 is 0 Å². The molecule has 0 aromatic heterocycles. The molecule has 2 heteroatoms. The Morgan fingerprint density at radius 1 is 1.20 bits per heavy atom. The molecule has 15 heavy (non-hydrogen) atoms. The first-order valence-electron chi connectivity index (χ1n) is 5.36. The number of rotatable bonds is 2. The molecule has 0 amide bonds. The number of carbonyl (C=O) groups is 2. The topological polar surface area (TPSA) is 34.1 Å². The van der Waals surface area contributed by atoms with Crippen LogP contribution in [0.2, 0.25) is 0 Å². The Balaban J connectivity index is 2.14. The molecule has 2 nitrogen and oxygen atoms in total. The number of carbonyl (C=O) groups excluding carboxylic acids is 2. The smallest absolute Gasteiger partial charge is 0.150 e. The van der Waals surface area contributed by atoms with Gasteiger partial charge >= 0.3 is 0 Å².